The Morgan fingerprint density at radius 1 is 1.13 bits per heavy atom. The van der Waals surface area contributed by atoms with Crippen molar-refractivity contribution in [1.82, 2.24) is 20.1 Å². The number of rotatable bonds is 4. The number of carbonyl (C=O) groups excluding carboxylic acids is 1. The predicted octanol–water partition coefficient (Wildman–Crippen LogP) is 4.06. The molecule has 1 fully saturated rings. The smallest absolute Gasteiger partial charge is 0.272 e. The number of hydrogen-bond donors (Lipinski definition) is 1. The average Bonchev–Trinajstić information content (AvgIpc) is 3.44. The highest BCUT2D eigenvalue weighted by atomic mass is 19.1. The van der Waals surface area contributed by atoms with Gasteiger partial charge in [-0.2, -0.15) is 5.10 Å². The van der Waals surface area contributed by atoms with Gasteiger partial charge < -0.3 is 9.64 Å². The molecule has 2 aromatic heterocycles. The predicted molar refractivity (Wildman–Crippen MR) is 111 cm³/mol. The molecule has 5 rings (SSSR count). The molecule has 3 heterocycles. The second-order valence-electron chi connectivity index (χ2n) is 7.28. The van der Waals surface area contributed by atoms with Crippen LogP contribution in [0.5, 0.6) is 5.75 Å². The fraction of sp³-hybridized carbons (Fsp3) is 0.174. The van der Waals surface area contributed by atoms with Gasteiger partial charge in [0, 0.05) is 30.1 Å². The summed E-state index contributed by atoms with van der Waals surface area (Å²) in [7, 11) is 0. The third-order valence-corrected chi connectivity index (χ3v) is 5.27. The quantitative estimate of drug-likeness (QED) is 0.559. The lowest BCUT2D eigenvalue weighted by Crippen LogP contribution is -2.31. The number of ether oxygens (including phenoxy) is 1. The van der Waals surface area contributed by atoms with E-state index in [1.165, 1.54) is 12.1 Å². The topological polar surface area (TPSA) is 71.1 Å². The van der Waals surface area contributed by atoms with Crippen molar-refractivity contribution in [1.29, 1.82) is 0 Å². The number of para-hydroxylation sites is 1. The first-order chi connectivity index (χ1) is 14.7. The first-order valence-electron chi connectivity index (χ1n) is 9.78. The summed E-state index contributed by atoms with van der Waals surface area (Å²) in [4.78, 5) is 19.1. The highest BCUT2D eigenvalue weighted by molar-refractivity contribution is 5.93. The van der Waals surface area contributed by atoms with Crippen LogP contribution in [0.2, 0.25) is 0 Å². The average molecular weight is 402 g/mol. The fourth-order valence-electron chi connectivity index (χ4n) is 3.73. The number of benzene rings is 2. The Morgan fingerprint density at radius 2 is 1.97 bits per heavy atom. The van der Waals surface area contributed by atoms with Gasteiger partial charge in [-0.1, -0.05) is 18.2 Å². The van der Waals surface area contributed by atoms with E-state index in [1.54, 1.807) is 29.3 Å². The molecule has 150 valence electrons. The number of nitrogens with zero attached hydrogens (tertiary/aromatic N) is 3. The van der Waals surface area contributed by atoms with Gasteiger partial charge >= 0.3 is 0 Å². The van der Waals surface area contributed by atoms with E-state index >= 15 is 0 Å². The number of pyridine rings is 1. The van der Waals surface area contributed by atoms with Crippen molar-refractivity contribution in [3.63, 3.8) is 0 Å². The zero-order valence-electron chi connectivity index (χ0n) is 16.1. The van der Waals surface area contributed by atoms with Crippen molar-refractivity contribution in [2.45, 2.75) is 12.5 Å². The van der Waals surface area contributed by atoms with Crippen molar-refractivity contribution in [3.8, 4) is 17.0 Å². The van der Waals surface area contributed by atoms with Crippen molar-refractivity contribution in [2.24, 2.45) is 0 Å². The highest BCUT2D eigenvalue weighted by Crippen LogP contribution is 2.27. The maximum Gasteiger partial charge on any atom is 0.272 e. The molecule has 0 aliphatic carbocycles. The molecule has 0 spiro atoms. The van der Waals surface area contributed by atoms with Crippen LogP contribution in [-0.2, 0) is 0 Å². The number of nitrogens with one attached hydrogen (secondary N) is 1. The largest absolute Gasteiger partial charge is 0.486 e. The number of halogens is 1. The summed E-state index contributed by atoms with van der Waals surface area (Å²) in [5.41, 5.74) is 2.58. The zero-order chi connectivity index (χ0) is 20.5. The number of H-pyrrole nitrogens is 1. The summed E-state index contributed by atoms with van der Waals surface area (Å²) in [5, 5.41) is 8.01. The van der Waals surface area contributed by atoms with E-state index in [0.29, 0.717) is 24.5 Å². The molecule has 1 aliphatic rings. The lowest BCUT2D eigenvalue weighted by Gasteiger charge is -2.17. The Kier molecular flexibility index (Phi) is 4.63. The minimum Gasteiger partial charge on any atom is -0.486 e. The normalized spacial score (nSPS) is 16.2. The maximum atomic E-state index is 13.1. The van der Waals surface area contributed by atoms with Crippen LogP contribution in [0, 0.1) is 5.82 Å². The van der Waals surface area contributed by atoms with Crippen molar-refractivity contribution >= 4 is 16.8 Å². The Bertz CT molecular complexity index is 1200. The number of aromatic amines is 1. The first kappa shape index (κ1) is 18.3. The van der Waals surface area contributed by atoms with E-state index in [4.69, 9.17) is 4.74 Å². The molecule has 1 aliphatic heterocycles. The van der Waals surface area contributed by atoms with Gasteiger partial charge in [0.05, 0.1) is 12.2 Å². The van der Waals surface area contributed by atoms with Gasteiger partial charge in [0.2, 0.25) is 0 Å². The van der Waals surface area contributed by atoms with E-state index in [-0.39, 0.29) is 17.8 Å². The number of amides is 1. The molecule has 4 aromatic rings. The molecule has 0 unspecified atom stereocenters. The van der Waals surface area contributed by atoms with Crippen LogP contribution in [0.4, 0.5) is 4.39 Å². The highest BCUT2D eigenvalue weighted by Gasteiger charge is 2.29. The SMILES string of the molecule is O=C(c1cc(-c2ccc(F)cc2)n[nH]1)N1CC[C@H](Oc2cccc3cccnc23)C1. The summed E-state index contributed by atoms with van der Waals surface area (Å²) in [6.45, 7) is 1.10. The van der Waals surface area contributed by atoms with Crippen LogP contribution in [0.15, 0.2) is 66.9 Å². The zero-order valence-corrected chi connectivity index (χ0v) is 16.1. The Balaban J connectivity index is 1.28. The van der Waals surface area contributed by atoms with Crippen LogP contribution < -0.4 is 4.74 Å². The lowest BCUT2D eigenvalue weighted by molar-refractivity contribution is 0.0767. The number of fused-ring (bicyclic) bond motifs is 1. The Hall–Kier alpha value is -3.74. The molecule has 6 nitrogen and oxygen atoms in total. The van der Waals surface area contributed by atoms with E-state index in [9.17, 15) is 9.18 Å². The number of aromatic nitrogens is 3. The molecule has 1 amide bonds. The van der Waals surface area contributed by atoms with Gasteiger partial charge in [-0.05, 0) is 42.5 Å². The molecular formula is C23H19FN4O2. The van der Waals surface area contributed by atoms with Crippen molar-refractivity contribution in [2.75, 3.05) is 13.1 Å². The number of hydrogen-bond acceptors (Lipinski definition) is 4. The summed E-state index contributed by atoms with van der Waals surface area (Å²) >= 11 is 0. The monoisotopic (exact) mass is 402 g/mol. The van der Waals surface area contributed by atoms with Crippen LogP contribution in [0.25, 0.3) is 22.2 Å². The molecule has 0 radical (unpaired) electrons. The van der Waals surface area contributed by atoms with Gasteiger partial charge in [0.15, 0.2) is 0 Å². The minimum atomic E-state index is -0.310. The van der Waals surface area contributed by atoms with E-state index in [0.717, 1.165) is 28.6 Å². The number of carbonyl (C=O) groups is 1. The molecule has 0 bridgehead atoms. The second kappa shape index (κ2) is 7.59. The first-order valence-corrected chi connectivity index (χ1v) is 9.78. The summed E-state index contributed by atoms with van der Waals surface area (Å²) in [6.07, 6.45) is 2.39. The van der Waals surface area contributed by atoms with Gasteiger partial charge in [-0.15, -0.1) is 0 Å². The fourth-order valence-corrected chi connectivity index (χ4v) is 3.73. The molecule has 0 saturated carbocycles. The third kappa shape index (κ3) is 3.50. The van der Waals surface area contributed by atoms with Crippen LogP contribution in [0.1, 0.15) is 16.9 Å². The van der Waals surface area contributed by atoms with E-state index in [1.807, 2.05) is 30.3 Å². The molecule has 2 aromatic carbocycles. The van der Waals surface area contributed by atoms with E-state index < -0.39 is 0 Å². The van der Waals surface area contributed by atoms with Gasteiger partial charge in [0.1, 0.15) is 28.9 Å². The van der Waals surface area contributed by atoms with Crippen LogP contribution in [-0.4, -0.2) is 45.2 Å². The molecule has 7 heteroatoms. The van der Waals surface area contributed by atoms with Gasteiger partial charge in [0.25, 0.3) is 5.91 Å². The summed E-state index contributed by atoms with van der Waals surface area (Å²) in [6, 6.07) is 17.4. The standard InChI is InChI=1S/C23H19FN4O2/c24-17-8-6-15(7-9-17)19-13-20(27-26-19)23(29)28-12-10-18(14-28)30-21-5-1-3-16-4-2-11-25-22(16)21/h1-9,11,13,18H,10,12,14H2,(H,26,27)/t18-/m0/s1. The second-order valence-corrected chi connectivity index (χ2v) is 7.28. The van der Waals surface area contributed by atoms with Gasteiger partial charge in [-0.25, -0.2) is 4.39 Å². The van der Waals surface area contributed by atoms with E-state index in [2.05, 4.69) is 15.2 Å². The molecule has 30 heavy (non-hydrogen) atoms. The molecule has 1 atom stereocenters. The van der Waals surface area contributed by atoms with Crippen molar-refractivity contribution in [3.05, 3.63) is 78.4 Å². The molecular weight excluding hydrogens is 383 g/mol. The number of likely N-dealkylation sites (tertiary alicyclic amines) is 1. The Labute approximate surface area is 172 Å². The van der Waals surface area contributed by atoms with Gasteiger partial charge in [-0.3, -0.25) is 14.9 Å². The maximum absolute atomic E-state index is 13.1. The minimum absolute atomic E-state index is 0.0963. The molecule has 1 saturated heterocycles. The summed E-state index contributed by atoms with van der Waals surface area (Å²) < 4.78 is 19.3. The summed E-state index contributed by atoms with van der Waals surface area (Å²) in [5.74, 6) is 0.292. The third-order valence-electron chi connectivity index (χ3n) is 5.27. The van der Waals surface area contributed by atoms with Crippen LogP contribution in [0.3, 0.4) is 0 Å². The Morgan fingerprint density at radius 3 is 2.83 bits per heavy atom. The lowest BCUT2D eigenvalue weighted by atomic mass is 10.1. The van der Waals surface area contributed by atoms with Crippen LogP contribution >= 0.6 is 0 Å². The van der Waals surface area contributed by atoms with Crippen molar-refractivity contribution < 1.29 is 13.9 Å². The molecule has 1 N–H and O–H groups in total.